The van der Waals surface area contributed by atoms with Crippen molar-refractivity contribution >= 4 is 33.0 Å². The second-order valence-corrected chi connectivity index (χ2v) is 5.33. The standard InChI is InChI=1S/C12H7BrF2OS/c13-12(14,15)11(16)9-5-3-8(4-6-9)10-2-1-7-17-10/h1-7H. The monoisotopic (exact) mass is 316 g/mol. The van der Waals surface area contributed by atoms with Crippen molar-refractivity contribution < 1.29 is 13.6 Å². The molecule has 0 aliphatic carbocycles. The number of benzene rings is 1. The van der Waals surface area contributed by atoms with E-state index in [-0.39, 0.29) is 5.56 Å². The Kier molecular flexibility index (Phi) is 3.40. The lowest BCUT2D eigenvalue weighted by atomic mass is 10.1. The molecule has 17 heavy (non-hydrogen) atoms. The molecule has 0 saturated heterocycles. The van der Waals surface area contributed by atoms with Gasteiger partial charge in [-0.1, -0.05) is 30.3 Å². The van der Waals surface area contributed by atoms with Gasteiger partial charge < -0.3 is 0 Å². The van der Waals surface area contributed by atoms with Crippen LogP contribution in [0.1, 0.15) is 10.4 Å². The van der Waals surface area contributed by atoms with E-state index in [0.29, 0.717) is 0 Å². The number of thiophene rings is 1. The van der Waals surface area contributed by atoms with Crippen molar-refractivity contribution in [2.75, 3.05) is 0 Å². The van der Waals surface area contributed by atoms with E-state index < -0.39 is 10.6 Å². The summed E-state index contributed by atoms with van der Waals surface area (Å²) in [5.41, 5.74) is 0.904. The molecule has 0 radical (unpaired) electrons. The minimum absolute atomic E-state index is 0.00724. The Morgan fingerprint density at radius 2 is 1.82 bits per heavy atom. The third kappa shape index (κ3) is 2.79. The molecule has 1 aromatic carbocycles. The van der Waals surface area contributed by atoms with Gasteiger partial charge in [0, 0.05) is 10.4 Å². The number of hydrogen-bond acceptors (Lipinski definition) is 2. The predicted molar refractivity (Wildman–Crippen MR) is 68.0 cm³/mol. The van der Waals surface area contributed by atoms with Gasteiger partial charge in [-0.05, 0) is 32.9 Å². The number of carbonyl (C=O) groups excluding carboxylic acids is 1. The highest BCUT2D eigenvalue weighted by Gasteiger charge is 2.35. The smallest absolute Gasteiger partial charge is 0.286 e. The Morgan fingerprint density at radius 1 is 1.18 bits per heavy atom. The van der Waals surface area contributed by atoms with Gasteiger partial charge in [0.2, 0.25) is 5.78 Å². The molecule has 0 aliphatic heterocycles. The zero-order valence-electron chi connectivity index (χ0n) is 8.49. The van der Waals surface area contributed by atoms with E-state index in [0.717, 1.165) is 10.4 Å². The fourth-order valence-corrected chi connectivity index (χ4v) is 2.35. The molecule has 0 bridgehead atoms. The normalized spacial score (nSPS) is 11.5. The van der Waals surface area contributed by atoms with Gasteiger partial charge in [0.25, 0.3) is 0 Å². The molecule has 1 nitrogen and oxygen atoms in total. The van der Waals surface area contributed by atoms with Crippen LogP contribution in [0, 0.1) is 0 Å². The van der Waals surface area contributed by atoms with Gasteiger partial charge >= 0.3 is 4.83 Å². The molecular formula is C12H7BrF2OS. The van der Waals surface area contributed by atoms with Gasteiger partial charge in [-0.2, -0.15) is 8.78 Å². The van der Waals surface area contributed by atoms with Gasteiger partial charge in [-0.3, -0.25) is 4.79 Å². The Bertz CT molecular complexity index is 514. The number of Topliss-reactive ketones (excluding diaryl/α,β-unsaturated/α-hetero) is 1. The molecule has 1 heterocycles. The average Bonchev–Trinajstić information content (AvgIpc) is 2.80. The van der Waals surface area contributed by atoms with Crippen LogP contribution in [0.15, 0.2) is 41.8 Å². The molecule has 0 amide bonds. The molecule has 1 aromatic heterocycles. The van der Waals surface area contributed by atoms with Crippen LogP contribution in [0.3, 0.4) is 0 Å². The number of halogens is 3. The zero-order chi connectivity index (χ0) is 12.5. The molecular weight excluding hydrogens is 310 g/mol. The molecule has 0 unspecified atom stereocenters. The molecule has 88 valence electrons. The second kappa shape index (κ2) is 4.66. The first-order chi connectivity index (χ1) is 7.98. The number of carbonyl (C=O) groups is 1. The van der Waals surface area contributed by atoms with Crippen LogP contribution in [0.2, 0.25) is 0 Å². The van der Waals surface area contributed by atoms with E-state index >= 15 is 0 Å². The van der Waals surface area contributed by atoms with E-state index in [1.54, 1.807) is 23.5 Å². The van der Waals surface area contributed by atoms with E-state index in [2.05, 4.69) is 15.9 Å². The van der Waals surface area contributed by atoms with Gasteiger partial charge in [-0.15, -0.1) is 11.3 Å². The van der Waals surface area contributed by atoms with E-state index in [9.17, 15) is 13.6 Å². The molecule has 2 rings (SSSR count). The first-order valence-corrected chi connectivity index (χ1v) is 6.41. The van der Waals surface area contributed by atoms with Crippen LogP contribution in [0.5, 0.6) is 0 Å². The predicted octanol–water partition coefficient (Wildman–Crippen LogP) is 4.59. The summed E-state index contributed by atoms with van der Waals surface area (Å²) in [5, 5.41) is 1.93. The van der Waals surface area contributed by atoms with Crippen molar-refractivity contribution in [3.8, 4) is 10.4 Å². The van der Waals surface area contributed by atoms with Gasteiger partial charge in [0.15, 0.2) is 0 Å². The van der Waals surface area contributed by atoms with Crippen LogP contribution in [-0.4, -0.2) is 10.6 Å². The quantitative estimate of drug-likeness (QED) is 0.598. The fraction of sp³-hybridized carbons (Fsp3) is 0.0833. The van der Waals surface area contributed by atoms with Crippen molar-refractivity contribution in [2.45, 2.75) is 4.83 Å². The molecule has 0 saturated carbocycles. The Labute approximate surface area is 109 Å². The molecule has 0 N–H and O–H groups in total. The molecule has 0 spiro atoms. The summed E-state index contributed by atoms with van der Waals surface area (Å²) in [5.74, 6) is -1.23. The minimum Gasteiger partial charge on any atom is -0.286 e. The number of alkyl halides is 3. The third-order valence-electron chi connectivity index (χ3n) is 2.21. The highest BCUT2D eigenvalue weighted by molar-refractivity contribution is 9.10. The minimum atomic E-state index is -3.50. The number of rotatable bonds is 3. The highest BCUT2D eigenvalue weighted by atomic mass is 79.9. The largest absolute Gasteiger partial charge is 0.363 e. The first-order valence-electron chi connectivity index (χ1n) is 4.74. The van der Waals surface area contributed by atoms with Crippen LogP contribution >= 0.6 is 27.3 Å². The third-order valence-corrected chi connectivity index (χ3v) is 3.49. The lowest BCUT2D eigenvalue weighted by molar-refractivity contribution is 0.0592. The molecule has 0 aliphatic rings. The van der Waals surface area contributed by atoms with Crippen molar-refractivity contribution in [1.29, 1.82) is 0 Å². The maximum atomic E-state index is 12.7. The summed E-state index contributed by atoms with van der Waals surface area (Å²) in [4.78, 5) is 8.80. The second-order valence-electron chi connectivity index (χ2n) is 3.38. The molecule has 2 aromatic rings. The van der Waals surface area contributed by atoms with Crippen molar-refractivity contribution in [1.82, 2.24) is 0 Å². The molecule has 5 heteroatoms. The summed E-state index contributed by atoms with van der Waals surface area (Å²) in [6.07, 6.45) is 0. The summed E-state index contributed by atoms with van der Waals surface area (Å²) in [6, 6.07) is 9.99. The maximum Gasteiger partial charge on any atom is 0.363 e. The Morgan fingerprint density at radius 3 is 2.29 bits per heavy atom. The fourth-order valence-electron chi connectivity index (χ4n) is 1.39. The lowest BCUT2D eigenvalue weighted by Crippen LogP contribution is -2.20. The topological polar surface area (TPSA) is 17.1 Å². The SMILES string of the molecule is O=C(c1ccc(-c2cccs2)cc1)C(F)(F)Br. The summed E-state index contributed by atoms with van der Waals surface area (Å²) in [7, 11) is 0. The summed E-state index contributed by atoms with van der Waals surface area (Å²) < 4.78 is 25.5. The van der Waals surface area contributed by atoms with E-state index in [4.69, 9.17) is 0 Å². The van der Waals surface area contributed by atoms with Crippen LogP contribution in [0.4, 0.5) is 8.78 Å². The number of ketones is 1. The van der Waals surface area contributed by atoms with Crippen molar-refractivity contribution in [3.05, 3.63) is 47.3 Å². The molecule has 0 fully saturated rings. The van der Waals surface area contributed by atoms with Crippen molar-refractivity contribution in [2.24, 2.45) is 0 Å². The van der Waals surface area contributed by atoms with Gasteiger partial charge in [-0.25, -0.2) is 0 Å². The highest BCUT2D eigenvalue weighted by Crippen LogP contribution is 2.29. The lowest BCUT2D eigenvalue weighted by Gasteiger charge is -2.07. The van der Waals surface area contributed by atoms with Crippen LogP contribution in [-0.2, 0) is 0 Å². The zero-order valence-corrected chi connectivity index (χ0v) is 10.9. The van der Waals surface area contributed by atoms with Gasteiger partial charge in [0.1, 0.15) is 0 Å². The van der Waals surface area contributed by atoms with E-state index in [1.165, 1.54) is 12.1 Å². The van der Waals surface area contributed by atoms with E-state index in [1.807, 2.05) is 17.5 Å². The summed E-state index contributed by atoms with van der Waals surface area (Å²) >= 11 is 3.61. The maximum absolute atomic E-state index is 12.7. The van der Waals surface area contributed by atoms with Crippen LogP contribution < -0.4 is 0 Å². The molecule has 0 atom stereocenters. The van der Waals surface area contributed by atoms with Crippen molar-refractivity contribution in [3.63, 3.8) is 0 Å². The van der Waals surface area contributed by atoms with Crippen LogP contribution in [0.25, 0.3) is 10.4 Å². The van der Waals surface area contributed by atoms with Gasteiger partial charge in [0.05, 0.1) is 0 Å². The first kappa shape index (κ1) is 12.4. The Balaban J connectivity index is 2.28. The summed E-state index contributed by atoms with van der Waals surface area (Å²) in [6.45, 7) is 0. The Hall–Kier alpha value is -1.07. The number of hydrogen-bond donors (Lipinski definition) is 0. The average molecular weight is 317 g/mol.